The van der Waals surface area contributed by atoms with Gasteiger partial charge in [0.25, 0.3) is 0 Å². The van der Waals surface area contributed by atoms with Crippen molar-refractivity contribution in [2.75, 3.05) is 0 Å². The van der Waals surface area contributed by atoms with Crippen LogP contribution in [0.4, 0.5) is 0 Å². The lowest BCUT2D eigenvalue weighted by molar-refractivity contribution is 0.406. The van der Waals surface area contributed by atoms with Gasteiger partial charge >= 0.3 is 0 Å². The zero-order valence-corrected chi connectivity index (χ0v) is 7.22. The standard InChI is InChI=1S/C4H6O.3C2H4/c1-3-5-4-2;3*1-2/h3-4H,1-2H2;3*1-2H2. The van der Waals surface area contributed by atoms with Crippen LogP contribution in [0.25, 0.3) is 0 Å². The van der Waals surface area contributed by atoms with Gasteiger partial charge in [-0.25, -0.2) is 0 Å². The number of ether oxygens (including phenoxy) is 1. The van der Waals surface area contributed by atoms with Crippen molar-refractivity contribution in [2.24, 2.45) is 0 Å². The molecule has 0 aliphatic carbocycles. The van der Waals surface area contributed by atoms with Crippen LogP contribution in [0.15, 0.2) is 65.2 Å². The van der Waals surface area contributed by atoms with Crippen LogP contribution in [0.1, 0.15) is 0 Å². The first-order chi connectivity index (χ1) is 5.41. The molecule has 0 saturated carbocycles. The second-order valence-electron chi connectivity index (χ2n) is 0.469. The van der Waals surface area contributed by atoms with E-state index in [1.165, 1.54) is 12.5 Å². The van der Waals surface area contributed by atoms with E-state index in [1.807, 2.05) is 0 Å². The molecule has 0 atom stereocenters. The molecule has 0 heterocycles. The van der Waals surface area contributed by atoms with Crippen molar-refractivity contribution in [3.05, 3.63) is 65.2 Å². The predicted molar refractivity (Wildman–Crippen MR) is 55.2 cm³/mol. The Bertz CT molecular complexity index is 56.5. The molecule has 1 heteroatoms. The van der Waals surface area contributed by atoms with Gasteiger partial charge in [0.05, 0.1) is 12.5 Å². The Morgan fingerprint density at radius 1 is 0.636 bits per heavy atom. The van der Waals surface area contributed by atoms with Gasteiger partial charge in [0, 0.05) is 0 Å². The van der Waals surface area contributed by atoms with Crippen molar-refractivity contribution in [3.8, 4) is 0 Å². The summed E-state index contributed by atoms with van der Waals surface area (Å²) in [6.07, 6.45) is 2.62. The molecule has 11 heavy (non-hydrogen) atoms. The van der Waals surface area contributed by atoms with Crippen LogP contribution in [0.5, 0.6) is 0 Å². The fraction of sp³-hybridized carbons (Fsp3) is 0. The van der Waals surface area contributed by atoms with Gasteiger partial charge in [-0.3, -0.25) is 0 Å². The van der Waals surface area contributed by atoms with E-state index < -0.39 is 0 Å². The molecule has 0 aromatic carbocycles. The zero-order valence-electron chi connectivity index (χ0n) is 7.22. The molecule has 0 amide bonds. The van der Waals surface area contributed by atoms with E-state index in [-0.39, 0.29) is 0 Å². The van der Waals surface area contributed by atoms with E-state index in [9.17, 15) is 0 Å². The van der Waals surface area contributed by atoms with Crippen molar-refractivity contribution in [1.82, 2.24) is 0 Å². The molecule has 0 bridgehead atoms. The molecular formula is C10H18O. The van der Waals surface area contributed by atoms with Crippen molar-refractivity contribution >= 4 is 0 Å². The van der Waals surface area contributed by atoms with Gasteiger partial charge in [0.1, 0.15) is 0 Å². The minimum Gasteiger partial charge on any atom is -0.474 e. The molecule has 0 saturated heterocycles. The molecular weight excluding hydrogens is 136 g/mol. The Morgan fingerprint density at radius 3 is 0.818 bits per heavy atom. The van der Waals surface area contributed by atoms with Crippen LogP contribution in [0.2, 0.25) is 0 Å². The van der Waals surface area contributed by atoms with Crippen LogP contribution < -0.4 is 0 Å². The molecule has 0 rings (SSSR count). The van der Waals surface area contributed by atoms with Crippen molar-refractivity contribution in [3.63, 3.8) is 0 Å². The van der Waals surface area contributed by atoms with Gasteiger partial charge < -0.3 is 4.74 Å². The van der Waals surface area contributed by atoms with Gasteiger partial charge in [-0.2, -0.15) is 0 Å². The van der Waals surface area contributed by atoms with E-state index in [0.717, 1.165) is 0 Å². The molecule has 0 fully saturated rings. The normalized spacial score (nSPS) is 3.64. The summed E-state index contributed by atoms with van der Waals surface area (Å²) in [5.41, 5.74) is 0. The largest absolute Gasteiger partial charge is 0.474 e. The minimum absolute atomic E-state index is 1.31. The quantitative estimate of drug-likeness (QED) is 0.435. The lowest BCUT2D eigenvalue weighted by Crippen LogP contribution is -1.52. The van der Waals surface area contributed by atoms with Gasteiger partial charge in [-0.1, -0.05) is 13.2 Å². The van der Waals surface area contributed by atoms with Crippen LogP contribution in [0.3, 0.4) is 0 Å². The summed E-state index contributed by atoms with van der Waals surface area (Å²) < 4.78 is 4.36. The van der Waals surface area contributed by atoms with Crippen molar-refractivity contribution in [1.29, 1.82) is 0 Å². The molecule has 0 aromatic rings. The average Bonchev–Trinajstić information content (AvgIpc) is 2.16. The lowest BCUT2D eigenvalue weighted by Gasteiger charge is -1.76. The highest BCUT2D eigenvalue weighted by Gasteiger charge is 1.45. The summed E-state index contributed by atoms with van der Waals surface area (Å²) in [4.78, 5) is 0. The highest BCUT2D eigenvalue weighted by atomic mass is 16.5. The molecule has 1 nitrogen and oxygen atoms in total. The van der Waals surface area contributed by atoms with E-state index >= 15 is 0 Å². The van der Waals surface area contributed by atoms with E-state index in [0.29, 0.717) is 0 Å². The van der Waals surface area contributed by atoms with Crippen LogP contribution in [-0.2, 0) is 4.74 Å². The van der Waals surface area contributed by atoms with E-state index in [4.69, 9.17) is 0 Å². The fourth-order valence-electron chi connectivity index (χ4n) is 0.0680. The first-order valence-corrected chi connectivity index (χ1v) is 2.79. The van der Waals surface area contributed by atoms with Gasteiger partial charge in [0.2, 0.25) is 0 Å². The second kappa shape index (κ2) is 212. The summed E-state index contributed by atoms with van der Waals surface area (Å²) in [5, 5.41) is 0. The molecule has 0 unspecified atom stereocenters. The Labute approximate surface area is 70.7 Å². The Balaban J connectivity index is -0.0000000350. The van der Waals surface area contributed by atoms with Crippen molar-refractivity contribution in [2.45, 2.75) is 0 Å². The van der Waals surface area contributed by atoms with E-state index in [1.54, 1.807) is 0 Å². The minimum atomic E-state index is 1.31. The molecule has 0 radical (unpaired) electrons. The summed E-state index contributed by atoms with van der Waals surface area (Å²) in [6, 6.07) is 0. The number of hydrogen-bond acceptors (Lipinski definition) is 1. The maximum absolute atomic E-state index is 4.36. The zero-order chi connectivity index (χ0) is 10.1. The summed E-state index contributed by atoms with van der Waals surface area (Å²) >= 11 is 0. The molecule has 0 spiro atoms. The number of hydrogen-bond donors (Lipinski definition) is 0. The lowest BCUT2D eigenvalue weighted by atomic mass is 11.1. The molecule has 64 valence electrons. The molecule has 0 aromatic heterocycles. The summed E-state index contributed by atoms with van der Waals surface area (Å²) in [6.45, 7) is 24.5. The molecule has 0 aliphatic heterocycles. The summed E-state index contributed by atoms with van der Waals surface area (Å²) in [7, 11) is 0. The highest BCUT2D eigenvalue weighted by molar-refractivity contribution is 4.57. The van der Waals surface area contributed by atoms with Gasteiger partial charge in [0.15, 0.2) is 0 Å². The van der Waals surface area contributed by atoms with Crippen LogP contribution in [-0.4, -0.2) is 0 Å². The highest BCUT2D eigenvalue weighted by Crippen LogP contribution is 1.65. The smallest absolute Gasteiger partial charge is 0.0829 e. The monoisotopic (exact) mass is 154 g/mol. The first kappa shape index (κ1) is 22.7. The SMILES string of the molecule is C=C.C=C.C=C.C=COC=C. The van der Waals surface area contributed by atoms with Gasteiger partial charge in [-0.15, -0.1) is 39.5 Å². The maximum Gasteiger partial charge on any atom is 0.0829 e. The van der Waals surface area contributed by atoms with E-state index in [2.05, 4.69) is 57.4 Å². The topological polar surface area (TPSA) is 9.23 Å². The number of rotatable bonds is 2. The summed E-state index contributed by atoms with van der Waals surface area (Å²) in [5.74, 6) is 0. The first-order valence-electron chi connectivity index (χ1n) is 2.79. The van der Waals surface area contributed by atoms with Crippen LogP contribution >= 0.6 is 0 Å². The fourth-order valence-corrected chi connectivity index (χ4v) is 0.0680. The van der Waals surface area contributed by atoms with Crippen molar-refractivity contribution < 1.29 is 4.74 Å². The third-order valence-corrected chi connectivity index (χ3v) is 0.192. The molecule has 0 aliphatic rings. The van der Waals surface area contributed by atoms with Gasteiger partial charge in [-0.05, 0) is 0 Å². The Hall–Kier alpha value is -1.50. The maximum atomic E-state index is 4.36. The average molecular weight is 154 g/mol. The third kappa shape index (κ3) is 1440. The Morgan fingerprint density at radius 2 is 0.818 bits per heavy atom. The Kier molecular flexibility index (Phi) is 438. The van der Waals surface area contributed by atoms with Crippen LogP contribution in [0, 0.1) is 0 Å². The molecule has 0 N–H and O–H groups in total. The predicted octanol–water partition coefficient (Wildman–Crippen LogP) is 3.70. The second-order valence-corrected chi connectivity index (χ2v) is 0.469. The third-order valence-electron chi connectivity index (χ3n) is 0.192.